The predicted molar refractivity (Wildman–Crippen MR) is 107 cm³/mol. The van der Waals surface area contributed by atoms with Crippen molar-refractivity contribution in [2.45, 2.75) is 24.7 Å². The second-order valence-electron chi connectivity index (χ2n) is 6.96. The van der Waals surface area contributed by atoms with Crippen LogP contribution in [0, 0.1) is 18.8 Å². The van der Waals surface area contributed by atoms with Gasteiger partial charge in [0.1, 0.15) is 0 Å². The van der Waals surface area contributed by atoms with E-state index in [0.29, 0.717) is 17.8 Å². The Bertz CT molecular complexity index is 1030. The summed E-state index contributed by atoms with van der Waals surface area (Å²) >= 11 is 0. The lowest BCUT2D eigenvalue weighted by atomic mass is 9.82. The summed E-state index contributed by atoms with van der Waals surface area (Å²) in [7, 11) is -3.72. The standard InChI is InChI=1S/C21H22N2O5S/c1-14-6-12-17(13-7-14)29(27,28)23-16-10-8-15(9-11-16)22-20(24)18-4-2-3-5-19(18)21(25)26/h2-3,6-13,18-19,23H,4-5H2,1H3,(H,22,24)(H,25,26)/p-1/t18-,19+/m1/s1. The number of aryl methyl sites for hydroxylation is 1. The second kappa shape index (κ2) is 8.48. The normalized spacial score (nSPS) is 18.8. The number of anilines is 2. The Balaban J connectivity index is 1.67. The number of rotatable bonds is 6. The van der Waals surface area contributed by atoms with Crippen molar-refractivity contribution in [1.82, 2.24) is 0 Å². The van der Waals surface area contributed by atoms with Crippen LogP contribution in [0.2, 0.25) is 0 Å². The zero-order valence-corrected chi connectivity index (χ0v) is 16.6. The van der Waals surface area contributed by atoms with Crippen LogP contribution >= 0.6 is 0 Å². The molecule has 0 saturated carbocycles. The third kappa shape index (κ3) is 5.03. The van der Waals surface area contributed by atoms with Gasteiger partial charge in [-0.15, -0.1) is 0 Å². The van der Waals surface area contributed by atoms with Crippen LogP contribution in [0.15, 0.2) is 65.6 Å². The molecule has 2 aromatic carbocycles. The van der Waals surface area contributed by atoms with Crippen molar-refractivity contribution < 1.29 is 23.1 Å². The summed E-state index contributed by atoms with van der Waals surface area (Å²) in [5.41, 5.74) is 1.75. The summed E-state index contributed by atoms with van der Waals surface area (Å²) in [5, 5.41) is 13.9. The highest BCUT2D eigenvalue weighted by Gasteiger charge is 2.29. The molecule has 0 saturated heterocycles. The molecule has 0 bridgehead atoms. The minimum Gasteiger partial charge on any atom is -0.550 e. The SMILES string of the molecule is Cc1ccc(S(=O)(=O)Nc2ccc(NC(=O)[C@@H]3CC=CC[C@@H]3C(=O)[O-])cc2)cc1. The van der Waals surface area contributed by atoms with Crippen LogP contribution in [0.5, 0.6) is 0 Å². The van der Waals surface area contributed by atoms with E-state index in [2.05, 4.69) is 10.0 Å². The lowest BCUT2D eigenvalue weighted by molar-refractivity contribution is -0.313. The molecule has 0 fully saturated rings. The zero-order chi connectivity index (χ0) is 21.0. The monoisotopic (exact) mass is 413 g/mol. The van der Waals surface area contributed by atoms with Gasteiger partial charge in [0.2, 0.25) is 5.91 Å². The smallest absolute Gasteiger partial charge is 0.261 e. The quantitative estimate of drug-likeness (QED) is 0.704. The maximum Gasteiger partial charge on any atom is 0.261 e. The van der Waals surface area contributed by atoms with E-state index in [1.165, 1.54) is 24.3 Å². The summed E-state index contributed by atoms with van der Waals surface area (Å²) in [6, 6.07) is 12.6. The summed E-state index contributed by atoms with van der Waals surface area (Å²) in [4.78, 5) is 23.9. The van der Waals surface area contributed by atoms with Gasteiger partial charge in [0, 0.05) is 23.3 Å². The number of hydrogen-bond donors (Lipinski definition) is 2. The Labute approximate surface area is 169 Å². The molecule has 0 unspecified atom stereocenters. The van der Waals surface area contributed by atoms with Crippen molar-refractivity contribution in [3.63, 3.8) is 0 Å². The molecule has 0 heterocycles. The van der Waals surface area contributed by atoms with Gasteiger partial charge in [-0.25, -0.2) is 8.42 Å². The van der Waals surface area contributed by atoms with Crippen LogP contribution in [-0.2, 0) is 19.6 Å². The number of carbonyl (C=O) groups excluding carboxylic acids is 2. The van der Waals surface area contributed by atoms with E-state index in [9.17, 15) is 23.1 Å². The Hall–Kier alpha value is -3.13. The summed E-state index contributed by atoms with van der Waals surface area (Å²) in [6.45, 7) is 1.87. The van der Waals surface area contributed by atoms with Gasteiger partial charge >= 0.3 is 0 Å². The fraction of sp³-hybridized carbons (Fsp3) is 0.238. The number of nitrogens with one attached hydrogen (secondary N) is 2. The van der Waals surface area contributed by atoms with E-state index >= 15 is 0 Å². The molecule has 152 valence electrons. The van der Waals surface area contributed by atoms with Gasteiger partial charge in [-0.3, -0.25) is 9.52 Å². The van der Waals surface area contributed by atoms with Crippen molar-refractivity contribution in [1.29, 1.82) is 0 Å². The van der Waals surface area contributed by atoms with Gasteiger partial charge in [0.05, 0.1) is 10.8 Å². The van der Waals surface area contributed by atoms with Crippen LogP contribution < -0.4 is 15.1 Å². The molecular formula is C21H21N2O5S-. The Morgan fingerprint density at radius 3 is 2.03 bits per heavy atom. The molecule has 0 radical (unpaired) electrons. The highest BCUT2D eigenvalue weighted by Crippen LogP contribution is 2.27. The third-order valence-corrected chi connectivity index (χ3v) is 6.21. The lowest BCUT2D eigenvalue weighted by Gasteiger charge is -2.28. The van der Waals surface area contributed by atoms with E-state index in [4.69, 9.17) is 0 Å². The van der Waals surface area contributed by atoms with E-state index in [1.54, 1.807) is 36.4 Å². The number of carboxylic acids is 1. The Morgan fingerprint density at radius 1 is 0.897 bits per heavy atom. The molecule has 0 aliphatic heterocycles. The molecule has 2 aromatic rings. The maximum atomic E-state index is 12.5. The van der Waals surface area contributed by atoms with Crippen molar-refractivity contribution in [3.05, 3.63) is 66.2 Å². The van der Waals surface area contributed by atoms with E-state index in [1.807, 2.05) is 6.92 Å². The third-order valence-electron chi connectivity index (χ3n) is 4.81. The molecule has 29 heavy (non-hydrogen) atoms. The minimum atomic E-state index is -3.72. The van der Waals surface area contributed by atoms with E-state index in [0.717, 1.165) is 5.56 Å². The maximum absolute atomic E-state index is 12.5. The summed E-state index contributed by atoms with van der Waals surface area (Å²) in [5.74, 6) is -3.21. The number of sulfonamides is 1. The number of benzene rings is 2. The van der Waals surface area contributed by atoms with Crippen molar-refractivity contribution in [2.24, 2.45) is 11.8 Å². The van der Waals surface area contributed by atoms with E-state index in [-0.39, 0.29) is 11.3 Å². The number of carbonyl (C=O) groups is 2. The highest BCUT2D eigenvalue weighted by molar-refractivity contribution is 7.92. The summed E-state index contributed by atoms with van der Waals surface area (Å²) in [6.07, 6.45) is 4.12. The van der Waals surface area contributed by atoms with Gasteiger partial charge < -0.3 is 15.2 Å². The fourth-order valence-electron chi connectivity index (χ4n) is 3.15. The largest absolute Gasteiger partial charge is 0.550 e. The Morgan fingerprint density at radius 2 is 1.45 bits per heavy atom. The number of aliphatic carboxylic acids is 1. The first-order valence-electron chi connectivity index (χ1n) is 9.12. The van der Waals surface area contributed by atoms with Crippen LogP contribution in [0.4, 0.5) is 11.4 Å². The molecule has 1 aliphatic carbocycles. The summed E-state index contributed by atoms with van der Waals surface area (Å²) < 4.78 is 27.4. The average molecular weight is 413 g/mol. The van der Waals surface area contributed by atoms with Gasteiger partial charge in [0.15, 0.2) is 0 Å². The van der Waals surface area contributed by atoms with Crippen LogP contribution in [0.1, 0.15) is 18.4 Å². The molecule has 0 spiro atoms. The van der Waals surface area contributed by atoms with Gasteiger partial charge in [0.25, 0.3) is 10.0 Å². The van der Waals surface area contributed by atoms with Crippen LogP contribution in [0.25, 0.3) is 0 Å². The van der Waals surface area contributed by atoms with Gasteiger partial charge in [-0.1, -0.05) is 29.8 Å². The molecule has 2 N–H and O–H groups in total. The number of amides is 1. The molecule has 1 aliphatic rings. The van der Waals surface area contributed by atoms with Crippen LogP contribution in [-0.4, -0.2) is 20.3 Å². The highest BCUT2D eigenvalue weighted by atomic mass is 32.2. The Kier molecular flexibility index (Phi) is 6.03. The molecule has 0 aromatic heterocycles. The number of hydrogen-bond acceptors (Lipinski definition) is 5. The van der Waals surface area contributed by atoms with Gasteiger partial charge in [-0.2, -0.15) is 0 Å². The molecule has 2 atom stereocenters. The molecule has 7 nitrogen and oxygen atoms in total. The molecule has 8 heteroatoms. The second-order valence-corrected chi connectivity index (χ2v) is 8.64. The van der Waals surface area contributed by atoms with E-state index < -0.39 is 33.7 Å². The zero-order valence-electron chi connectivity index (χ0n) is 15.8. The van der Waals surface area contributed by atoms with Gasteiger partial charge in [-0.05, 0) is 56.2 Å². The fourth-order valence-corrected chi connectivity index (χ4v) is 4.21. The molecule has 1 amide bonds. The van der Waals surface area contributed by atoms with Crippen molar-refractivity contribution in [3.8, 4) is 0 Å². The average Bonchev–Trinajstić information content (AvgIpc) is 2.69. The van der Waals surface area contributed by atoms with Crippen molar-refractivity contribution in [2.75, 3.05) is 10.0 Å². The number of allylic oxidation sites excluding steroid dienone is 2. The van der Waals surface area contributed by atoms with Crippen LogP contribution in [0.3, 0.4) is 0 Å². The predicted octanol–water partition coefficient (Wildman–Crippen LogP) is 2.07. The van der Waals surface area contributed by atoms with Crippen molar-refractivity contribution >= 4 is 33.3 Å². The number of carboxylic acid groups (broad SMARTS) is 1. The molecule has 3 rings (SSSR count). The molecular weight excluding hydrogens is 392 g/mol. The minimum absolute atomic E-state index is 0.152. The first kappa shape index (κ1) is 20.6. The first-order chi connectivity index (χ1) is 13.8. The first-order valence-corrected chi connectivity index (χ1v) is 10.6. The lowest BCUT2D eigenvalue weighted by Crippen LogP contribution is -2.41. The topological polar surface area (TPSA) is 115 Å².